The van der Waals surface area contributed by atoms with E-state index in [0.717, 1.165) is 22.4 Å². The molecule has 0 saturated heterocycles. The highest BCUT2D eigenvalue weighted by Crippen LogP contribution is 2.27. The fourth-order valence-corrected chi connectivity index (χ4v) is 4.71. The van der Waals surface area contributed by atoms with Gasteiger partial charge in [0.05, 0.1) is 11.1 Å². The van der Waals surface area contributed by atoms with Gasteiger partial charge in [0.15, 0.2) is 15.7 Å². The summed E-state index contributed by atoms with van der Waals surface area (Å²) in [7, 11) is -3.29. The first kappa shape index (κ1) is 26.7. The highest BCUT2D eigenvalue weighted by molar-refractivity contribution is 7.90. The van der Waals surface area contributed by atoms with Crippen LogP contribution in [-0.2, 0) is 34.1 Å². The highest BCUT2D eigenvalue weighted by Gasteiger charge is 2.25. The lowest BCUT2D eigenvalue weighted by molar-refractivity contribution is 0.0224. The number of nitrogens with zero attached hydrogens (tertiary/aromatic N) is 3. The van der Waals surface area contributed by atoms with Gasteiger partial charge >= 0.3 is 6.09 Å². The topological polar surface area (TPSA) is 114 Å². The Balaban J connectivity index is 1.42. The summed E-state index contributed by atoms with van der Waals surface area (Å²) in [5, 5.41) is 6.70. The number of anilines is 3. The molecule has 11 heteroatoms. The maximum atomic E-state index is 12.4. The van der Waals surface area contributed by atoms with Crippen LogP contribution in [0.4, 0.5) is 22.2 Å². The number of fused-ring (bicyclic) bond motifs is 1. The Bertz CT molecular complexity index is 1420. The van der Waals surface area contributed by atoms with Gasteiger partial charge in [-0.05, 0) is 68.1 Å². The van der Waals surface area contributed by atoms with Crippen LogP contribution in [0.3, 0.4) is 0 Å². The number of benzene rings is 2. The fourth-order valence-electron chi connectivity index (χ4n) is 3.87. The van der Waals surface area contributed by atoms with E-state index in [1.54, 1.807) is 23.1 Å². The van der Waals surface area contributed by atoms with Crippen LogP contribution in [0.15, 0.2) is 53.6 Å². The Morgan fingerprint density at radius 3 is 2.68 bits per heavy atom. The molecule has 9 nitrogen and oxygen atoms in total. The summed E-state index contributed by atoms with van der Waals surface area (Å²) in [6.07, 6.45) is 3.09. The van der Waals surface area contributed by atoms with Crippen molar-refractivity contribution in [2.75, 3.05) is 23.4 Å². The lowest BCUT2D eigenvalue weighted by Crippen LogP contribution is -2.39. The minimum absolute atomic E-state index is 0.254. The standard InChI is InChI=1S/C26H30ClN5O4S/c1-26(2,3)36-25(33)32-11-10-18-13-20(9-8-19(18)16-32)30-24-29-15-22(27)23(31-24)28-14-17-6-5-7-21(12-17)37(4,34)35/h5-9,12-13,15H,10-11,14,16H2,1-4H3,(H2,28,29,30,31). The first-order valence-electron chi connectivity index (χ1n) is 11.8. The third-order valence-corrected chi connectivity index (χ3v) is 7.04. The predicted molar refractivity (Wildman–Crippen MR) is 144 cm³/mol. The molecule has 2 aromatic carbocycles. The zero-order valence-electron chi connectivity index (χ0n) is 21.2. The van der Waals surface area contributed by atoms with Crippen LogP contribution in [0, 0.1) is 0 Å². The third-order valence-electron chi connectivity index (χ3n) is 5.66. The molecule has 196 valence electrons. The Kier molecular flexibility index (Phi) is 7.61. The molecule has 1 aliphatic heterocycles. The summed E-state index contributed by atoms with van der Waals surface area (Å²) in [5.41, 5.74) is 3.28. The zero-order valence-corrected chi connectivity index (χ0v) is 22.8. The molecule has 1 amide bonds. The molecule has 2 N–H and O–H groups in total. The number of sulfone groups is 1. The number of ether oxygens (including phenoxy) is 1. The van der Waals surface area contributed by atoms with E-state index in [1.807, 2.05) is 45.0 Å². The van der Waals surface area contributed by atoms with Crippen LogP contribution in [0.2, 0.25) is 5.02 Å². The van der Waals surface area contributed by atoms with Crippen LogP contribution in [0.5, 0.6) is 0 Å². The van der Waals surface area contributed by atoms with Crippen LogP contribution in [0.25, 0.3) is 0 Å². The number of amides is 1. The van der Waals surface area contributed by atoms with E-state index in [0.29, 0.717) is 42.8 Å². The van der Waals surface area contributed by atoms with Gasteiger partial charge in [-0.25, -0.2) is 18.2 Å². The van der Waals surface area contributed by atoms with Crippen LogP contribution >= 0.6 is 11.6 Å². The molecule has 0 spiro atoms. The Morgan fingerprint density at radius 2 is 1.95 bits per heavy atom. The molecule has 0 radical (unpaired) electrons. The second kappa shape index (κ2) is 10.5. The van der Waals surface area contributed by atoms with Crippen molar-refractivity contribution in [3.63, 3.8) is 0 Å². The molecule has 0 fully saturated rings. The smallest absolute Gasteiger partial charge is 0.410 e. The molecule has 2 heterocycles. The van der Waals surface area contributed by atoms with Crippen LogP contribution < -0.4 is 10.6 Å². The van der Waals surface area contributed by atoms with Gasteiger partial charge in [-0.15, -0.1) is 0 Å². The number of carbonyl (C=O) groups is 1. The minimum atomic E-state index is -3.29. The number of hydrogen-bond donors (Lipinski definition) is 2. The lowest BCUT2D eigenvalue weighted by Gasteiger charge is -2.31. The Hall–Kier alpha value is -3.37. The number of carbonyl (C=O) groups excluding carboxylic acids is 1. The number of nitrogens with one attached hydrogen (secondary N) is 2. The van der Waals surface area contributed by atoms with Gasteiger partial charge in [0.1, 0.15) is 10.6 Å². The van der Waals surface area contributed by atoms with E-state index < -0.39 is 15.4 Å². The minimum Gasteiger partial charge on any atom is -0.444 e. The average Bonchev–Trinajstić information content (AvgIpc) is 2.82. The van der Waals surface area contributed by atoms with E-state index in [4.69, 9.17) is 16.3 Å². The van der Waals surface area contributed by atoms with E-state index in [1.165, 1.54) is 12.5 Å². The summed E-state index contributed by atoms with van der Waals surface area (Å²) >= 11 is 6.29. The maximum absolute atomic E-state index is 12.4. The molecule has 0 unspecified atom stereocenters. The van der Waals surface area contributed by atoms with E-state index >= 15 is 0 Å². The van der Waals surface area contributed by atoms with Gasteiger partial charge in [-0.2, -0.15) is 4.98 Å². The van der Waals surface area contributed by atoms with Gasteiger partial charge in [0.25, 0.3) is 0 Å². The van der Waals surface area contributed by atoms with Crippen LogP contribution in [-0.4, -0.2) is 47.8 Å². The Morgan fingerprint density at radius 1 is 1.16 bits per heavy atom. The van der Waals surface area contributed by atoms with Crippen molar-refractivity contribution < 1.29 is 17.9 Å². The molecule has 0 atom stereocenters. The quantitative estimate of drug-likeness (QED) is 0.437. The molecule has 1 aliphatic rings. The molecule has 4 rings (SSSR count). The van der Waals surface area contributed by atoms with Crippen molar-refractivity contribution in [1.29, 1.82) is 0 Å². The highest BCUT2D eigenvalue weighted by atomic mass is 35.5. The molecule has 0 aliphatic carbocycles. The summed E-state index contributed by atoms with van der Waals surface area (Å²) in [6, 6.07) is 12.6. The average molecular weight is 544 g/mol. The molecule has 0 bridgehead atoms. The van der Waals surface area contributed by atoms with Crippen molar-refractivity contribution >= 4 is 45.0 Å². The fraction of sp³-hybridized carbons (Fsp3) is 0.346. The summed E-state index contributed by atoms with van der Waals surface area (Å²) in [4.78, 5) is 23.2. The van der Waals surface area contributed by atoms with Gasteiger partial charge in [0, 0.05) is 31.6 Å². The van der Waals surface area contributed by atoms with Crippen molar-refractivity contribution in [2.24, 2.45) is 0 Å². The molecule has 37 heavy (non-hydrogen) atoms. The molecular formula is C26H30ClN5O4S. The SMILES string of the molecule is CC(C)(C)OC(=O)N1CCc2cc(Nc3ncc(Cl)c(NCc4cccc(S(C)(=O)=O)c4)n3)ccc2C1. The lowest BCUT2D eigenvalue weighted by atomic mass is 9.99. The monoisotopic (exact) mass is 543 g/mol. The number of rotatable bonds is 6. The van der Waals surface area contributed by atoms with E-state index in [-0.39, 0.29) is 11.0 Å². The van der Waals surface area contributed by atoms with Crippen molar-refractivity contribution in [3.05, 3.63) is 70.4 Å². The van der Waals surface area contributed by atoms with Crippen molar-refractivity contribution in [1.82, 2.24) is 14.9 Å². The normalized spacial score (nSPS) is 13.6. The zero-order chi connectivity index (χ0) is 26.8. The van der Waals surface area contributed by atoms with E-state index in [2.05, 4.69) is 20.6 Å². The van der Waals surface area contributed by atoms with Gasteiger partial charge < -0.3 is 20.3 Å². The second-order valence-corrected chi connectivity index (χ2v) is 12.3. The van der Waals surface area contributed by atoms with E-state index in [9.17, 15) is 13.2 Å². The van der Waals surface area contributed by atoms with Crippen molar-refractivity contribution in [3.8, 4) is 0 Å². The predicted octanol–water partition coefficient (Wildman–Crippen LogP) is 5.18. The summed E-state index contributed by atoms with van der Waals surface area (Å²) < 4.78 is 29.1. The van der Waals surface area contributed by atoms with Crippen molar-refractivity contribution in [2.45, 2.75) is 50.8 Å². The summed E-state index contributed by atoms with van der Waals surface area (Å²) in [5.74, 6) is 0.790. The number of aromatic nitrogens is 2. The first-order chi connectivity index (χ1) is 17.4. The van der Waals surface area contributed by atoms with Crippen LogP contribution in [0.1, 0.15) is 37.5 Å². The number of hydrogen-bond acceptors (Lipinski definition) is 8. The van der Waals surface area contributed by atoms with Gasteiger partial charge in [-0.3, -0.25) is 0 Å². The third kappa shape index (κ3) is 7.11. The maximum Gasteiger partial charge on any atom is 0.410 e. The molecule has 1 aromatic heterocycles. The molecule has 0 saturated carbocycles. The second-order valence-electron chi connectivity index (χ2n) is 9.92. The largest absolute Gasteiger partial charge is 0.444 e. The molecular weight excluding hydrogens is 514 g/mol. The van der Waals surface area contributed by atoms with Gasteiger partial charge in [0.2, 0.25) is 5.95 Å². The summed E-state index contributed by atoms with van der Waals surface area (Å²) in [6.45, 7) is 6.99. The number of halogens is 1. The van der Waals surface area contributed by atoms with Gasteiger partial charge in [-0.1, -0.05) is 29.8 Å². The first-order valence-corrected chi connectivity index (χ1v) is 14.1. The molecule has 3 aromatic rings. The Labute approximate surface area is 222 Å².